The monoisotopic (exact) mass is 362 g/mol. The number of methoxy groups -OCH3 is 1. The second kappa shape index (κ2) is 8.19. The summed E-state index contributed by atoms with van der Waals surface area (Å²) in [6.45, 7) is -0.109. The molecule has 114 valence electrons. The van der Waals surface area contributed by atoms with Crippen molar-refractivity contribution in [3.63, 3.8) is 0 Å². The Morgan fingerprint density at radius 2 is 1.95 bits per heavy atom. The van der Waals surface area contributed by atoms with Gasteiger partial charge in [-0.05, 0) is 57.9 Å². The molecule has 2 aromatic rings. The van der Waals surface area contributed by atoms with Crippen LogP contribution < -0.4 is 14.9 Å². The molecule has 5 nitrogen and oxygen atoms in total. The predicted molar refractivity (Wildman–Crippen MR) is 88.4 cm³/mol. The third-order valence-corrected chi connectivity index (χ3v) is 3.37. The van der Waals surface area contributed by atoms with E-state index in [9.17, 15) is 4.79 Å². The van der Waals surface area contributed by atoms with Crippen LogP contribution in [0.15, 0.2) is 58.1 Å². The zero-order chi connectivity index (χ0) is 15.8. The number of benzene rings is 2. The molecule has 0 atom stereocenters. The molecule has 2 rings (SSSR count). The fraction of sp³-hybridized carbons (Fsp3) is 0.125. The van der Waals surface area contributed by atoms with Crippen LogP contribution in [-0.4, -0.2) is 25.8 Å². The molecule has 0 aromatic heterocycles. The molecule has 0 radical (unpaired) electrons. The highest BCUT2D eigenvalue weighted by Gasteiger charge is 2.03. The molecule has 0 unspecified atom stereocenters. The molecule has 0 bridgehead atoms. The van der Waals surface area contributed by atoms with Crippen LogP contribution in [0.1, 0.15) is 5.56 Å². The lowest BCUT2D eigenvalue weighted by Gasteiger charge is -2.06. The molecule has 0 heterocycles. The second-order valence-electron chi connectivity index (χ2n) is 4.29. The van der Waals surface area contributed by atoms with Crippen molar-refractivity contribution in [2.45, 2.75) is 0 Å². The minimum absolute atomic E-state index is 0.109. The van der Waals surface area contributed by atoms with E-state index < -0.39 is 0 Å². The van der Waals surface area contributed by atoms with Crippen LogP contribution in [0.5, 0.6) is 11.5 Å². The van der Waals surface area contributed by atoms with Crippen molar-refractivity contribution in [2.75, 3.05) is 13.7 Å². The number of nitrogens with one attached hydrogen (secondary N) is 1. The SMILES string of the molecule is COc1ccc(/C=N\NC(=O)COc2ccccc2Br)cc1. The first-order valence-electron chi connectivity index (χ1n) is 6.52. The average molecular weight is 363 g/mol. The number of ether oxygens (including phenoxy) is 2. The minimum Gasteiger partial charge on any atom is -0.497 e. The Hall–Kier alpha value is -2.34. The second-order valence-corrected chi connectivity index (χ2v) is 5.14. The van der Waals surface area contributed by atoms with Gasteiger partial charge in [0.1, 0.15) is 11.5 Å². The summed E-state index contributed by atoms with van der Waals surface area (Å²) in [5, 5.41) is 3.87. The summed E-state index contributed by atoms with van der Waals surface area (Å²) in [6.07, 6.45) is 1.55. The topological polar surface area (TPSA) is 59.9 Å². The van der Waals surface area contributed by atoms with Gasteiger partial charge < -0.3 is 9.47 Å². The summed E-state index contributed by atoms with van der Waals surface area (Å²) in [5.41, 5.74) is 3.26. The number of carbonyl (C=O) groups is 1. The molecule has 0 aliphatic carbocycles. The molecule has 0 spiro atoms. The number of carbonyl (C=O) groups excluding carboxylic acids is 1. The maximum atomic E-state index is 11.6. The zero-order valence-corrected chi connectivity index (χ0v) is 13.5. The smallest absolute Gasteiger partial charge is 0.277 e. The highest BCUT2D eigenvalue weighted by Crippen LogP contribution is 2.23. The van der Waals surface area contributed by atoms with Gasteiger partial charge in [0.05, 0.1) is 17.8 Å². The van der Waals surface area contributed by atoms with Gasteiger partial charge in [0.2, 0.25) is 0 Å². The summed E-state index contributed by atoms with van der Waals surface area (Å²) in [4.78, 5) is 11.6. The van der Waals surface area contributed by atoms with Crippen molar-refractivity contribution in [1.82, 2.24) is 5.43 Å². The fourth-order valence-corrected chi connectivity index (χ4v) is 2.01. The Labute approximate surface area is 137 Å². The molecule has 1 amide bonds. The Morgan fingerprint density at radius 3 is 2.64 bits per heavy atom. The lowest BCUT2D eigenvalue weighted by atomic mass is 10.2. The molecule has 0 saturated heterocycles. The predicted octanol–water partition coefficient (Wildman–Crippen LogP) is 2.99. The minimum atomic E-state index is -0.333. The molecule has 0 aliphatic rings. The number of hydrogen-bond acceptors (Lipinski definition) is 4. The van der Waals surface area contributed by atoms with Gasteiger partial charge in [-0.2, -0.15) is 5.10 Å². The maximum Gasteiger partial charge on any atom is 0.277 e. The van der Waals surface area contributed by atoms with Crippen molar-refractivity contribution in [2.24, 2.45) is 5.10 Å². The van der Waals surface area contributed by atoms with Crippen molar-refractivity contribution < 1.29 is 14.3 Å². The van der Waals surface area contributed by atoms with E-state index in [1.165, 1.54) is 0 Å². The fourth-order valence-electron chi connectivity index (χ4n) is 1.61. The highest BCUT2D eigenvalue weighted by molar-refractivity contribution is 9.10. The standard InChI is InChI=1S/C16H15BrN2O3/c1-21-13-8-6-12(7-9-13)10-18-19-16(20)11-22-15-5-3-2-4-14(15)17/h2-10H,11H2,1H3,(H,19,20)/b18-10-. The third kappa shape index (κ3) is 4.89. The first kappa shape index (κ1) is 16.0. The largest absolute Gasteiger partial charge is 0.497 e. The van der Waals surface area contributed by atoms with Crippen LogP contribution in [0.3, 0.4) is 0 Å². The molecule has 0 aliphatic heterocycles. The third-order valence-electron chi connectivity index (χ3n) is 2.71. The van der Waals surface area contributed by atoms with Gasteiger partial charge in [-0.1, -0.05) is 12.1 Å². The summed E-state index contributed by atoms with van der Waals surface area (Å²) < 4.78 is 11.2. The zero-order valence-electron chi connectivity index (χ0n) is 12.0. The normalized spacial score (nSPS) is 10.5. The van der Waals surface area contributed by atoms with E-state index in [1.54, 1.807) is 19.4 Å². The molecular formula is C16H15BrN2O3. The molecule has 22 heavy (non-hydrogen) atoms. The van der Waals surface area contributed by atoms with E-state index in [0.717, 1.165) is 15.8 Å². The first-order valence-corrected chi connectivity index (χ1v) is 7.31. The van der Waals surface area contributed by atoms with Crippen molar-refractivity contribution in [3.05, 3.63) is 58.6 Å². The van der Waals surface area contributed by atoms with E-state index >= 15 is 0 Å². The Bertz CT molecular complexity index is 657. The Balaban J connectivity index is 1.79. The lowest BCUT2D eigenvalue weighted by molar-refractivity contribution is -0.123. The number of rotatable bonds is 6. The van der Waals surface area contributed by atoms with E-state index in [0.29, 0.717) is 5.75 Å². The van der Waals surface area contributed by atoms with Crippen LogP contribution in [0.4, 0.5) is 0 Å². The molecule has 1 N–H and O–H groups in total. The van der Waals surface area contributed by atoms with Crippen molar-refractivity contribution >= 4 is 28.1 Å². The summed E-state index contributed by atoms with van der Waals surface area (Å²) >= 11 is 3.34. The number of amides is 1. The van der Waals surface area contributed by atoms with Crippen LogP contribution in [0.25, 0.3) is 0 Å². The van der Waals surface area contributed by atoms with Crippen LogP contribution in [0.2, 0.25) is 0 Å². The van der Waals surface area contributed by atoms with Gasteiger partial charge in [-0.3, -0.25) is 4.79 Å². The van der Waals surface area contributed by atoms with Crippen LogP contribution in [0, 0.1) is 0 Å². The van der Waals surface area contributed by atoms with Gasteiger partial charge in [0.25, 0.3) is 5.91 Å². The Morgan fingerprint density at radius 1 is 1.23 bits per heavy atom. The molecule has 0 fully saturated rings. The summed E-state index contributed by atoms with van der Waals surface area (Å²) in [7, 11) is 1.61. The quantitative estimate of drug-likeness (QED) is 0.634. The Kier molecular flexibility index (Phi) is 5.97. The summed E-state index contributed by atoms with van der Waals surface area (Å²) in [5.74, 6) is 1.04. The number of halogens is 1. The highest BCUT2D eigenvalue weighted by atomic mass is 79.9. The summed E-state index contributed by atoms with van der Waals surface area (Å²) in [6, 6.07) is 14.6. The van der Waals surface area contributed by atoms with E-state index in [4.69, 9.17) is 9.47 Å². The maximum absolute atomic E-state index is 11.6. The molecule has 0 saturated carbocycles. The number of hydrogen-bond donors (Lipinski definition) is 1. The number of nitrogens with zero attached hydrogens (tertiary/aromatic N) is 1. The van der Waals surface area contributed by atoms with Gasteiger partial charge in [-0.25, -0.2) is 5.43 Å². The molecular weight excluding hydrogens is 348 g/mol. The van der Waals surface area contributed by atoms with Crippen LogP contribution >= 0.6 is 15.9 Å². The van der Waals surface area contributed by atoms with Gasteiger partial charge in [0, 0.05) is 0 Å². The number of hydrazone groups is 1. The number of para-hydroxylation sites is 1. The van der Waals surface area contributed by atoms with E-state index in [-0.39, 0.29) is 12.5 Å². The first-order chi connectivity index (χ1) is 10.7. The van der Waals surface area contributed by atoms with E-state index in [2.05, 4.69) is 26.5 Å². The van der Waals surface area contributed by atoms with Crippen molar-refractivity contribution in [3.8, 4) is 11.5 Å². The molecule has 6 heteroatoms. The van der Waals surface area contributed by atoms with Crippen molar-refractivity contribution in [1.29, 1.82) is 0 Å². The molecule has 2 aromatic carbocycles. The van der Waals surface area contributed by atoms with Crippen LogP contribution in [-0.2, 0) is 4.79 Å². The average Bonchev–Trinajstić information content (AvgIpc) is 2.55. The van der Waals surface area contributed by atoms with E-state index in [1.807, 2.05) is 42.5 Å². The lowest BCUT2D eigenvalue weighted by Crippen LogP contribution is -2.24. The van der Waals surface area contributed by atoms with Gasteiger partial charge in [-0.15, -0.1) is 0 Å². The van der Waals surface area contributed by atoms with Gasteiger partial charge in [0.15, 0.2) is 6.61 Å². The van der Waals surface area contributed by atoms with Gasteiger partial charge >= 0.3 is 0 Å².